The molecule has 0 aliphatic carbocycles. The Morgan fingerprint density at radius 1 is 1.47 bits per heavy atom. The van der Waals surface area contributed by atoms with Crippen molar-refractivity contribution in [3.05, 3.63) is 23.2 Å². The Labute approximate surface area is 114 Å². The second-order valence-electron chi connectivity index (χ2n) is 5.51. The van der Waals surface area contributed by atoms with Gasteiger partial charge in [0.1, 0.15) is 5.76 Å². The molecule has 1 aromatic heterocycles. The van der Waals surface area contributed by atoms with Crippen LogP contribution in [-0.4, -0.2) is 29.1 Å². The van der Waals surface area contributed by atoms with E-state index >= 15 is 0 Å². The van der Waals surface area contributed by atoms with Crippen LogP contribution in [-0.2, 0) is 6.54 Å². The standard InChI is InChI=1S/C15H23NO3/c1-3-12-5-4-7-16(8-6-12)10-13-9-11(2)14(19-13)15(17)18/h9,12H,3-8,10H2,1-2H3,(H,17,18). The summed E-state index contributed by atoms with van der Waals surface area (Å²) in [5.41, 5.74) is 0.712. The summed E-state index contributed by atoms with van der Waals surface area (Å²) in [6.45, 7) is 6.94. The molecule has 1 saturated heterocycles. The smallest absolute Gasteiger partial charge is 0.372 e. The van der Waals surface area contributed by atoms with E-state index in [1.807, 2.05) is 6.07 Å². The van der Waals surface area contributed by atoms with E-state index in [1.165, 1.54) is 25.7 Å². The summed E-state index contributed by atoms with van der Waals surface area (Å²) in [6, 6.07) is 1.85. The van der Waals surface area contributed by atoms with Crippen molar-refractivity contribution in [2.24, 2.45) is 5.92 Å². The monoisotopic (exact) mass is 265 g/mol. The van der Waals surface area contributed by atoms with Crippen molar-refractivity contribution in [2.45, 2.75) is 46.1 Å². The molecule has 19 heavy (non-hydrogen) atoms. The van der Waals surface area contributed by atoms with Gasteiger partial charge in [-0.1, -0.05) is 13.3 Å². The molecule has 106 valence electrons. The van der Waals surface area contributed by atoms with Crippen LogP contribution < -0.4 is 0 Å². The second kappa shape index (κ2) is 6.24. The number of furan rings is 1. The molecule has 0 bridgehead atoms. The lowest BCUT2D eigenvalue weighted by atomic mass is 9.98. The van der Waals surface area contributed by atoms with E-state index in [4.69, 9.17) is 9.52 Å². The van der Waals surface area contributed by atoms with Crippen molar-refractivity contribution in [2.75, 3.05) is 13.1 Å². The lowest BCUT2D eigenvalue weighted by Gasteiger charge is -2.18. The number of carboxylic acid groups (broad SMARTS) is 1. The highest BCUT2D eigenvalue weighted by Gasteiger charge is 2.19. The first-order valence-corrected chi connectivity index (χ1v) is 7.15. The van der Waals surface area contributed by atoms with Crippen LogP contribution in [0.4, 0.5) is 0 Å². The average molecular weight is 265 g/mol. The molecule has 1 N–H and O–H groups in total. The second-order valence-corrected chi connectivity index (χ2v) is 5.51. The predicted octanol–water partition coefficient (Wildman–Crippen LogP) is 3.30. The fourth-order valence-electron chi connectivity index (χ4n) is 2.85. The van der Waals surface area contributed by atoms with E-state index in [0.717, 1.165) is 31.3 Å². The van der Waals surface area contributed by atoms with Crippen LogP contribution in [0.2, 0.25) is 0 Å². The topological polar surface area (TPSA) is 53.7 Å². The van der Waals surface area contributed by atoms with Crippen LogP contribution in [0.1, 0.15) is 54.5 Å². The van der Waals surface area contributed by atoms with Gasteiger partial charge in [-0.05, 0) is 51.3 Å². The molecule has 1 atom stereocenters. The van der Waals surface area contributed by atoms with Crippen molar-refractivity contribution in [1.82, 2.24) is 4.90 Å². The highest BCUT2D eigenvalue weighted by Crippen LogP contribution is 2.22. The molecule has 0 spiro atoms. The lowest BCUT2D eigenvalue weighted by molar-refractivity contribution is 0.0657. The van der Waals surface area contributed by atoms with Gasteiger partial charge in [-0.2, -0.15) is 0 Å². The number of aryl methyl sites for hydroxylation is 1. The molecule has 1 aliphatic rings. The van der Waals surface area contributed by atoms with E-state index in [0.29, 0.717) is 5.56 Å². The highest BCUT2D eigenvalue weighted by molar-refractivity contribution is 5.86. The average Bonchev–Trinajstić information content (AvgIpc) is 2.60. The van der Waals surface area contributed by atoms with Crippen molar-refractivity contribution in [3.8, 4) is 0 Å². The van der Waals surface area contributed by atoms with Gasteiger partial charge in [0, 0.05) is 5.56 Å². The van der Waals surface area contributed by atoms with E-state index in [-0.39, 0.29) is 5.76 Å². The van der Waals surface area contributed by atoms with Crippen LogP contribution in [0.15, 0.2) is 10.5 Å². The molecule has 2 rings (SSSR count). The fraction of sp³-hybridized carbons (Fsp3) is 0.667. The van der Waals surface area contributed by atoms with Gasteiger partial charge in [-0.15, -0.1) is 0 Å². The fourth-order valence-corrected chi connectivity index (χ4v) is 2.85. The lowest BCUT2D eigenvalue weighted by Crippen LogP contribution is -2.24. The molecule has 1 aromatic rings. The summed E-state index contributed by atoms with van der Waals surface area (Å²) in [5, 5.41) is 8.99. The number of nitrogens with zero attached hydrogens (tertiary/aromatic N) is 1. The van der Waals surface area contributed by atoms with E-state index in [2.05, 4.69) is 11.8 Å². The zero-order valence-corrected chi connectivity index (χ0v) is 11.8. The minimum atomic E-state index is -0.981. The van der Waals surface area contributed by atoms with Gasteiger partial charge in [0.15, 0.2) is 0 Å². The molecule has 0 saturated carbocycles. The molecule has 1 fully saturated rings. The van der Waals surface area contributed by atoms with Gasteiger partial charge >= 0.3 is 5.97 Å². The van der Waals surface area contributed by atoms with Gasteiger partial charge in [-0.25, -0.2) is 4.79 Å². The first-order chi connectivity index (χ1) is 9.10. The summed E-state index contributed by atoms with van der Waals surface area (Å²) in [4.78, 5) is 13.3. The third kappa shape index (κ3) is 3.60. The maximum atomic E-state index is 11.0. The largest absolute Gasteiger partial charge is 0.475 e. The number of carbonyl (C=O) groups is 1. The van der Waals surface area contributed by atoms with Crippen LogP contribution in [0, 0.1) is 12.8 Å². The third-order valence-electron chi connectivity index (χ3n) is 4.06. The first-order valence-electron chi connectivity index (χ1n) is 7.15. The van der Waals surface area contributed by atoms with Crippen LogP contribution in [0.25, 0.3) is 0 Å². The van der Waals surface area contributed by atoms with Crippen molar-refractivity contribution in [3.63, 3.8) is 0 Å². The Kier molecular flexibility index (Phi) is 4.64. The van der Waals surface area contributed by atoms with Gasteiger partial charge < -0.3 is 9.52 Å². The van der Waals surface area contributed by atoms with Crippen LogP contribution in [0.5, 0.6) is 0 Å². The van der Waals surface area contributed by atoms with Crippen molar-refractivity contribution >= 4 is 5.97 Å². The zero-order chi connectivity index (χ0) is 13.8. The number of hydrogen-bond donors (Lipinski definition) is 1. The molecule has 4 nitrogen and oxygen atoms in total. The summed E-state index contributed by atoms with van der Waals surface area (Å²) < 4.78 is 5.43. The Morgan fingerprint density at radius 2 is 2.26 bits per heavy atom. The molecule has 0 amide bonds. The Bertz CT molecular complexity index is 439. The summed E-state index contributed by atoms with van der Waals surface area (Å²) in [7, 11) is 0. The van der Waals surface area contributed by atoms with Crippen molar-refractivity contribution in [1.29, 1.82) is 0 Å². The molecular formula is C15H23NO3. The summed E-state index contributed by atoms with van der Waals surface area (Å²) in [5.74, 6) is 0.713. The Balaban J connectivity index is 1.97. The number of likely N-dealkylation sites (tertiary alicyclic amines) is 1. The number of aromatic carboxylic acids is 1. The molecule has 1 unspecified atom stereocenters. The molecular weight excluding hydrogens is 242 g/mol. The predicted molar refractivity (Wildman–Crippen MR) is 73.3 cm³/mol. The number of hydrogen-bond acceptors (Lipinski definition) is 3. The van der Waals surface area contributed by atoms with Gasteiger partial charge in [0.2, 0.25) is 5.76 Å². The van der Waals surface area contributed by atoms with Crippen LogP contribution >= 0.6 is 0 Å². The van der Waals surface area contributed by atoms with Crippen molar-refractivity contribution < 1.29 is 14.3 Å². The summed E-state index contributed by atoms with van der Waals surface area (Å²) in [6.07, 6.45) is 5.04. The quantitative estimate of drug-likeness (QED) is 0.907. The summed E-state index contributed by atoms with van der Waals surface area (Å²) >= 11 is 0. The first kappa shape index (κ1) is 14.1. The number of carboxylic acids is 1. The van der Waals surface area contributed by atoms with E-state index < -0.39 is 5.97 Å². The molecule has 1 aliphatic heterocycles. The van der Waals surface area contributed by atoms with Gasteiger partial charge in [0.05, 0.1) is 6.54 Å². The minimum Gasteiger partial charge on any atom is -0.475 e. The van der Waals surface area contributed by atoms with Crippen LogP contribution in [0.3, 0.4) is 0 Å². The zero-order valence-electron chi connectivity index (χ0n) is 11.8. The van der Waals surface area contributed by atoms with E-state index in [9.17, 15) is 4.79 Å². The minimum absolute atomic E-state index is 0.0799. The maximum absolute atomic E-state index is 11.0. The molecule has 2 heterocycles. The Morgan fingerprint density at radius 3 is 2.89 bits per heavy atom. The normalized spacial score (nSPS) is 21.3. The van der Waals surface area contributed by atoms with Gasteiger partial charge in [-0.3, -0.25) is 4.90 Å². The molecule has 4 heteroatoms. The van der Waals surface area contributed by atoms with E-state index in [1.54, 1.807) is 6.92 Å². The Hall–Kier alpha value is -1.29. The van der Waals surface area contributed by atoms with Gasteiger partial charge in [0.25, 0.3) is 0 Å². The number of rotatable bonds is 4. The molecule has 0 radical (unpaired) electrons. The maximum Gasteiger partial charge on any atom is 0.372 e. The third-order valence-corrected chi connectivity index (χ3v) is 4.06. The highest BCUT2D eigenvalue weighted by atomic mass is 16.4. The molecule has 0 aromatic carbocycles. The SMILES string of the molecule is CCC1CCCN(Cc2cc(C)c(C(=O)O)o2)CC1.